The number of nitrogens with one attached hydrogen (secondary N) is 1. The molecule has 1 atom stereocenters. The predicted molar refractivity (Wildman–Crippen MR) is 131 cm³/mol. The number of carbonyl (C=O) groups is 1. The highest BCUT2D eigenvalue weighted by Gasteiger charge is 2.25. The zero-order chi connectivity index (χ0) is 24.6. The van der Waals surface area contributed by atoms with Crippen LogP contribution < -0.4 is 10.1 Å². The van der Waals surface area contributed by atoms with E-state index in [1.165, 1.54) is 17.8 Å². The van der Waals surface area contributed by atoms with Crippen molar-refractivity contribution in [2.24, 2.45) is 0 Å². The summed E-state index contributed by atoms with van der Waals surface area (Å²) in [5, 5.41) is 15.4. The summed E-state index contributed by atoms with van der Waals surface area (Å²) in [6.45, 7) is 3.85. The van der Waals surface area contributed by atoms with Gasteiger partial charge in [0.1, 0.15) is 12.4 Å². The molecule has 0 aliphatic carbocycles. The van der Waals surface area contributed by atoms with Gasteiger partial charge in [-0.1, -0.05) is 67.0 Å². The third-order valence-corrected chi connectivity index (χ3v) is 6.36. The third-order valence-electron chi connectivity index (χ3n) is 5.15. The van der Waals surface area contributed by atoms with Crippen LogP contribution in [0.4, 0.5) is 10.2 Å². The minimum Gasteiger partial charge on any atom is -0.483 e. The monoisotopic (exact) mass is 495 g/mol. The Balaban J connectivity index is 1.60. The van der Waals surface area contributed by atoms with Crippen molar-refractivity contribution in [1.82, 2.24) is 19.9 Å². The quantitative estimate of drug-likeness (QED) is 0.272. The molecule has 4 aromatic rings. The van der Waals surface area contributed by atoms with Crippen LogP contribution in [0.3, 0.4) is 0 Å². The molecule has 0 saturated carbocycles. The molecule has 35 heavy (non-hydrogen) atoms. The standard InChI is InChI=1S/C25H26FN5O3S/c1-3-4-14-21(24(32)27-22-15-17(2)34-30-22)35-25-29-28-23(31(25)18-10-6-5-7-11-18)16-33-20-13-9-8-12-19(20)26/h5-13,15,21H,3-4,14,16H2,1-2H3,(H,27,30,32). The number of amides is 1. The molecule has 10 heteroatoms. The molecule has 0 aliphatic heterocycles. The van der Waals surface area contributed by atoms with Gasteiger partial charge in [0.25, 0.3) is 0 Å². The van der Waals surface area contributed by atoms with E-state index in [0.29, 0.717) is 29.0 Å². The molecule has 0 radical (unpaired) electrons. The van der Waals surface area contributed by atoms with E-state index < -0.39 is 11.1 Å². The Morgan fingerprint density at radius 1 is 1.17 bits per heavy atom. The molecule has 2 aromatic heterocycles. The molecule has 1 N–H and O–H groups in total. The SMILES string of the molecule is CCCCC(Sc1nnc(COc2ccccc2F)n1-c1ccccc1)C(=O)Nc1cc(C)on1. The number of aryl methyl sites for hydroxylation is 1. The van der Waals surface area contributed by atoms with Gasteiger partial charge in [-0.2, -0.15) is 0 Å². The van der Waals surface area contributed by atoms with E-state index in [1.807, 2.05) is 34.9 Å². The Kier molecular flexibility index (Phi) is 8.15. The van der Waals surface area contributed by atoms with Crippen LogP contribution >= 0.6 is 11.8 Å². The van der Waals surface area contributed by atoms with Crippen LogP contribution in [0.25, 0.3) is 5.69 Å². The average Bonchev–Trinajstić information content (AvgIpc) is 3.47. The van der Waals surface area contributed by atoms with Gasteiger partial charge >= 0.3 is 0 Å². The number of anilines is 1. The first-order chi connectivity index (χ1) is 17.0. The number of rotatable bonds is 11. The second-order valence-electron chi connectivity index (χ2n) is 7.85. The number of carbonyl (C=O) groups excluding carboxylic acids is 1. The van der Waals surface area contributed by atoms with Crippen molar-refractivity contribution < 1.29 is 18.4 Å². The van der Waals surface area contributed by atoms with Gasteiger partial charge in [0.2, 0.25) is 5.91 Å². The van der Waals surface area contributed by atoms with Gasteiger partial charge in [0, 0.05) is 11.8 Å². The van der Waals surface area contributed by atoms with Gasteiger partial charge < -0.3 is 14.6 Å². The highest BCUT2D eigenvalue weighted by molar-refractivity contribution is 8.00. The van der Waals surface area contributed by atoms with Crippen LogP contribution in [-0.2, 0) is 11.4 Å². The van der Waals surface area contributed by atoms with Crippen LogP contribution in [0.15, 0.2) is 70.3 Å². The Morgan fingerprint density at radius 2 is 1.94 bits per heavy atom. The lowest BCUT2D eigenvalue weighted by Gasteiger charge is -2.16. The maximum absolute atomic E-state index is 14.1. The molecule has 1 amide bonds. The summed E-state index contributed by atoms with van der Waals surface area (Å²) >= 11 is 1.32. The van der Waals surface area contributed by atoms with Crippen LogP contribution in [0.1, 0.15) is 37.8 Å². The van der Waals surface area contributed by atoms with Gasteiger partial charge in [-0.3, -0.25) is 9.36 Å². The van der Waals surface area contributed by atoms with Crippen molar-refractivity contribution in [2.45, 2.75) is 50.1 Å². The molecular formula is C25H26FN5O3S. The normalized spacial score (nSPS) is 11.9. The molecule has 1 unspecified atom stereocenters. The van der Waals surface area contributed by atoms with Crippen LogP contribution in [0.5, 0.6) is 5.75 Å². The van der Waals surface area contributed by atoms with E-state index in [-0.39, 0.29) is 18.3 Å². The first kappa shape index (κ1) is 24.5. The summed E-state index contributed by atoms with van der Waals surface area (Å²) in [6, 6.07) is 17.4. The van der Waals surface area contributed by atoms with Crippen molar-refractivity contribution in [2.75, 3.05) is 5.32 Å². The fraction of sp³-hybridized carbons (Fsp3) is 0.280. The topological polar surface area (TPSA) is 95.1 Å². The summed E-state index contributed by atoms with van der Waals surface area (Å²) in [6.07, 6.45) is 2.46. The van der Waals surface area contributed by atoms with E-state index in [1.54, 1.807) is 31.2 Å². The molecule has 4 rings (SSSR count). The van der Waals surface area contributed by atoms with E-state index in [9.17, 15) is 9.18 Å². The summed E-state index contributed by atoms with van der Waals surface area (Å²) < 4.78 is 26.6. The average molecular weight is 496 g/mol. The molecule has 0 spiro atoms. The number of halogens is 1. The van der Waals surface area contributed by atoms with Gasteiger partial charge in [-0.25, -0.2) is 4.39 Å². The number of hydrogen-bond donors (Lipinski definition) is 1. The van der Waals surface area contributed by atoms with E-state index >= 15 is 0 Å². The van der Waals surface area contributed by atoms with Gasteiger partial charge in [-0.15, -0.1) is 10.2 Å². The summed E-state index contributed by atoms with van der Waals surface area (Å²) in [4.78, 5) is 13.1. The van der Waals surface area contributed by atoms with Gasteiger partial charge in [-0.05, 0) is 37.6 Å². The van der Waals surface area contributed by atoms with Gasteiger partial charge in [0.05, 0.1) is 5.25 Å². The molecule has 8 nitrogen and oxygen atoms in total. The highest BCUT2D eigenvalue weighted by Crippen LogP contribution is 2.30. The number of para-hydroxylation sites is 2. The molecule has 2 aromatic carbocycles. The number of hydrogen-bond acceptors (Lipinski definition) is 7. The fourth-order valence-electron chi connectivity index (χ4n) is 3.40. The lowest BCUT2D eigenvalue weighted by atomic mass is 10.2. The molecule has 0 fully saturated rings. The van der Waals surface area contributed by atoms with Gasteiger partial charge in [0.15, 0.2) is 28.4 Å². The zero-order valence-electron chi connectivity index (χ0n) is 19.5. The highest BCUT2D eigenvalue weighted by atomic mass is 32.2. The Labute approximate surface area is 206 Å². The second-order valence-corrected chi connectivity index (χ2v) is 9.02. The van der Waals surface area contributed by atoms with Crippen LogP contribution in [0.2, 0.25) is 0 Å². The first-order valence-corrected chi connectivity index (χ1v) is 12.2. The number of benzene rings is 2. The molecule has 182 valence electrons. The minimum atomic E-state index is -0.452. The van der Waals surface area contributed by atoms with E-state index in [4.69, 9.17) is 9.26 Å². The number of thioether (sulfide) groups is 1. The fourth-order valence-corrected chi connectivity index (χ4v) is 4.51. The molecular weight excluding hydrogens is 469 g/mol. The smallest absolute Gasteiger partial charge is 0.239 e. The first-order valence-electron chi connectivity index (χ1n) is 11.3. The number of aromatic nitrogens is 4. The second kappa shape index (κ2) is 11.7. The zero-order valence-corrected chi connectivity index (χ0v) is 20.3. The van der Waals surface area contributed by atoms with Crippen LogP contribution in [-0.4, -0.2) is 31.1 Å². The molecule has 0 saturated heterocycles. The van der Waals surface area contributed by atoms with E-state index in [2.05, 4.69) is 27.6 Å². The summed E-state index contributed by atoms with van der Waals surface area (Å²) in [7, 11) is 0. The molecule has 0 bridgehead atoms. The maximum atomic E-state index is 14.1. The predicted octanol–water partition coefficient (Wildman–Crippen LogP) is 5.57. The van der Waals surface area contributed by atoms with Crippen molar-refractivity contribution in [1.29, 1.82) is 0 Å². The van der Waals surface area contributed by atoms with Crippen molar-refractivity contribution in [3.05, 3.63) is 78.1 Å². The van der Waals surface area contributed by atoms with Crippen molar-refractivity contribution in [3.63, 3.8) is 0 Å². The lowest BCUT2D eigenvalue weighted by Crippen LogP contribution is -2.26. The Bertz CT molecular complexity index is 1260. The number of ether oxygens (including phenoxy) is 1. The van der Waals surface area contributed by atoms with Crippen molar-refractivity contribution >= 4 is 23.5 Å². The Hall–Kier alpha value is -3.66. The minimum absolute atomic E-state index is 0.00737. The largest absolute Gasteiger partial charge is 0.483 e. The third kappa shape index (κ3) is 6.27. The Morgan fingerprint density at radius 3 is 2.66 bits per heavy atom. The van der Waals surface area contributed by atoms with Crippen molar-refractivity contribution in [3.8, 4) is 11.4 Å². The maximum Gasteiger partial charge on any atom is 0.239 e. The van der Waals surface area contributed by atoms with Crippen LogP contribution in [0, 0.1) is 12.7 Å². The lowest BCUT2D eigenvalue weighted by molar-refractivity contribution is -0.115. The number of nitrogens with zero attached hydrogens (tertiary/aromatic N) is 4. The summed E-state index contributed by atoms with van der Waals surface area (Å²) in [5.41, 5.74) is 0.814. The van der Waals surface area contributed by atoms with E-state index in [0.717, 1.165) is 18.5 Å². The molecule has 2 heterocycles. The molecule has 0 aliphatic rings. The number of unbranched alkanes of at least 4 members (excludes halogenated alkanes) is 1. The summed E-state index contributed by atoms with van der Waals surface area (Å²) in [5.74, 6) is 0.964.